The van der Waals surface area contributed by atoms with E-state index in [0.29, 0.717) is 17.8 Å². The number of rotatable bonds is 7. The van der Waals surface area contributed by atoms with Crippen LogP contribution in [0.3, 0.4) is 0 Å². The van der Waals surface area contributed by atoms with E-state index in [1.165, 1.54) is 0 Å². The molecule has 0 aromatic heterocycles. The molecule has 1 aromatic carbocycles. The van der Waals surface area contributed by atoms with Gasteiger partial charge in [-0.1, -0.05) is 30.3 Å². The second-order valence-electron chi connectivity index (χ2n) is 6.98. The molecule has 0 saturated heterocycles. The van der Waals surface area contributed by atoms with Crippen LogP contribution in [0.5, 0.6) is 0 Å². The van der Waals surface area contributed by atoms with E-state index in [0.717, 1.165) is 17.0 Å². The van der Waals surface area contributed by atoms with Gasteiger partial charge in [0.1, 0.15) is 6.61 Å². The lowest BCUT2D eigenvalue weighted by Crippen LogP contribution is -2.34. The van der Waals surface area contributed by atoms with E-state index in [9.17, 15) is 9.59 Å². The number of benzene rings is 1. The third kappa shape index (κ3) is 4.62. The normalized spacial score (nSPS) is 17.2. The van der Waals surface area contributed by atoms with Gasteiger partial charge in [-0.05, 0) is 33.3 Å². The van der Waals surface area contributed by atoms with Crippen LogP contribution in [0.25, 0.3) is 0 Å². The maximum absolute atomic E-state index is 13.0. The van der Waals surface area contributed by atoms with Crippen molar-refractivity contribution in [3.8, 4) is 0 Å². The second-order valence-corrected chi connectivity index (χ2v) is 6.98. The maximum atomic E-state index is 13.0. The summed E-state index contributed by atoms with van der Waals surface area (Å²) in [6, 6.07) is 9.48. The first-order valence-corrected chi connectivity index (χ1v) is 9.36. The van der Waals surface area contributed by atoms with Crippen LogP contribution < -0.4 is 0 Å². The highest BCUT2D eigenvalue weighted by molar-refractivity contribution is 5.99. The van der Waals surface area contributed by atoms with Crippen LogP contribution in [-0.2, 0) is 23.8 Å². The van der Waals surface area contributed by atoms with E-state index in [-0.39, 0.29) is 12.7 Å². The lowest BCUT2D eigenvalue weighted by Gasteiger charge is -2.36. The minimum absolute atomic E-state index is 0.145. The van der Waals surface area contributed by atoms with Crippen molar-refractivity contribution in [3.05, 3.63) is 58.4 Å². The Morgan fingerprint density at radius 1 is 1.00 bits per heavy atom. The van der Waals surface area contributed by atoms with Crippen molar-refractivity contribution in [3.63, 3.8) is 0 Å². The van der Waals surface area contributed by atoms with Crippen LogP contribution in [0.1, 0.15) is 39.2 Å². The van der Waals surface area contributed by atoms with Gasteiger partial charge in [-0.2, -0.15) is 0 Å². The van der Waals surface area contributed by atoms with Gasteiger partial charge in [-0.15, -0.1) is 0 Å². The number of carbonyl (C=O) groups excluding carboxylic acids is 2. The fraction of sp³-hybridized carbons (Fsp3) is 0.455. The Hall–Kier alpha value is -2.60. The summed E-state index contributed by atoms with van der Waals surface area (Å²) in [5, 5.41) is 0. The van der Waals surface area contributed by atoms with Crippen molar-refractivity contribution < 1.29 is 23.8 Å². The van der Waals surface area contributed by atoms with E-state index in [1.54, 1.807) is 21.0 Å². The average molecular weight is 387 g/mol. The first-order chi connectivity index (χ1) is 13.3. The SMILES string of the molecule is COCCOC(=O)C1=C(C)N(C)C(C)=C(C(=O)OC(C)C)C1c1ccccc1. The molecule has 1 unspecified atom stereocenters. The van der Waals surface area contributed by atoms with Gasteiger partial charge in [0.2, 0.25) is 0 Å². The van der Waals surface area contributed by atoms with Gasteiger partial charge < -0.3 is 19.1 Å². The highest BCUT2D eigenvalue weighted by Gasteiger charge is 2.39. The lowest BCUT2D eigenvalue weighted by molar-refractivity contribution is -0.143. The highest BCUT2D eigenvalue weighted by Crippen LogP contribution is 2.42. The molecule has 1 aliphatic rings. The van der Waals surface area contributed by atoms with Crippen LogP contribution in [0.15, 0.2) is 52.9 Å². The molecule has 0 bridgehead atoms. The standard InChI is InChI=1S/C22H29NO5/c1-14(2)28-22(25)19-16(4)23(5)15(3)18(21(24)27-13-12-26-6)20(19)17-10-8-7-9-11-17/h7-11,14,20H,12-13H2,1-6H3. The van der Waals surface area contributed by atoms with Crippen molar-refractivity contribution in [1.82, 2.24) is 4.90 Å². The number of hydrogen-bond donors (Lipinski definition) is 0. The Balaban J connectivity index is 2.57. The Kier molecular flexibility index (Phi) is 7.40. The Morgan fingerprint density at radius 3 is 2.11 bits per heavy atom. The third-order valence-electron chi connectivity index (χ3n) is 4.80. The summed E-state index contributed by atoms with van der Waals surface area (Å²) in [5.41, 5.74) is 3.22. The first kappa shape index (κ1) is 21.7. The molecule has 0 aliphatic carbocycles. The summed E-state index contributed by atoms with van der Waals surface area (Å²) in [6.07, 6.45) is -0.265. The van der Waals surface area contributed by atoms with Crippen molar-refractivity contribution in [2.75, 3.05) is 27.4 Å². The summed E-state index contributed by atoms with van der Waals surface area (Å²) < 4.78 is 15.9. The molecule has 0 spiro atoms. The third-order valence-corrected chi connectivity index (χ3v) is 4.80. The average Bonchev–Trinajstić information content (AvgIpc) is 2.65. The first-order valence-electron chi connectivity index (χ1n) is 9.36. The zero-order valence-electron chi connectivity index (χ0n) is 17.4. The van der Waals surface area contributed by atoms with Gasteiger partial charge in [0.05, 0.1) is 29.8 Å². The molecule has 28 heavy (non-hydrogen) atoms. The Morgan fingerprint density at radius 2 is 1.57 bits per heavy atom. The van der Waals surface area contributed by atoms with Crippen LogP contribution in [0, 0.1) is 0 Å². The number of methoxy groups -OCH3 is 1. The molecule has 1 aromatic rings. The molecule has 152 valence electrons. The van der Waals surface area contributed by atoms with Crippen LogP contribution in [0.2, 0.25) is 0 Å². The molecule has 1 aliphatic heterocycles. The largest absolute Gasteiger partial charge is 0.460 e. The molecule has 0 amide bonds. The molecular weight excluding hydrogens is 358 g/mol. The zero-order chi connectivity index (χ0) is 20.8. The van der Waals surface area contributed by atoms with Crippen molar-refractivity contribution in [1.29, 1.82) is 0 Å². The Labute approximate surface area is 166 Å². The quantitative estimate of drug-likeness (QED) is 0.528. The number of allylic oxidation sites excluding steroid dienone is 2. The molecule has 2 rings (SSSR count). The van der Waals surface area contributed by atoms with Crippen molar-refractivity contribution in [2.45, 2.75) is 39.7 Å². The van der Waals surface area contributed by atoms with Gasteiger partial charge in [0, 0.05) is 25.6 Å². The molecule has 6 heteroatoms. The zero-order valence-corrected chi connectivity index (χ0v) is 17.4. The molecule has 1 heterocycles. The van der Waals surface area contributed by atoms with Gasteiger partial charge >= 0.3 is 11.9 Å². The summed E-state index contributed by atoms with van der Waals surface area (Å²) in [6.45, 7) is 7.78. The fourth-order valence-corrected chi connectivity index (χ4v) is 3.26. The molecule has 6 nitrogen and oxygen atoms in total. The van der Waals surface area contributed by atoms with Gasteiger partial charge in [0.25, 0.3) is 0 Å². The number of nitrogens with zero attached hydrogens (tertiary/aromatic N) is 1. The number of hydrogen-bond acceptors (Lipinski definition) is 6. The molecule has 0 saturated carbocycles. The summed E-state index contributed by atoms with van der Waals surface area (Å²) in [4.78, 5) is 27.8. The van der Waals surface area contributed by atoms with Gasteiger partial charge in [0.15, 0.2) is 0 Å². The molecule has 0 N–H and O–H groups in total. The maximum Gasteiger partial charge on any atom is 0.337 e. The van der Waals surface area contributed by atoms with Crippen molar-refractivity contribution >= 4 is 11.9 Å². The van der Waals surface area contributed by atoms with E-state index in [4.69, 9.17) is 14.2 Å². The number of ether oxygens (including phenoxy) is 3. The molecule has 1 atom stereocenters. The molecule has 0 fully saturated rings. The smallest absolute Gasteiger partial charge is 0.337 e. The minimum atomic E-state index is -0.557. The molecular formula is C22H29NO5. The van der Waals surface area contributed by atoms with E-state index in [1.807, 2.05) is 56.1 Å². The van der Waals surface area contributed by atoms with E-state index in [2.05, 4.69) is 0 Å². The number of esters is 2. The molecule has 0 radical (unpaired) electrons. The van der Waals surface area contributed by atoms with E-state index >= 15 is 0 Å². The topological polar surface area (TPSA) is 65.1 Å². The van der Waals surface area contributed by atoms with Crippen LogP contribution in [-0.4, -0.2) is 50.3 Å². The van der Waals surface area contributed by atoms with Crippen LogP contribution in [0.4, 0.5) is 0 Å². The predicted octanol–water partition coefficient (Wildman–Crippen LogP) is 3.40. The van der Waals surface area contributed by atoms with Gasteiger partial charge in [-0.3, -0.25) is 0 Å². The van der Waals surface area contributed by atoms with Gasteiger partial charge in [-0.25, -0.2) is 9.59 Å². The highest BCUT2D eigenvalue weighted by atomic mass is 16.6. The summed E-state index contributed by atoms with van der Waals surface area (Å²) >= 11 is 0. The number of carbonyl (C=O) groups is 2. The monoisotopic (exact) mass is 387 g/mol. The summed E-state index contributed by atoms with van der Waals surface area (Å²) in [7, 11) is 3.38. The minimum Gasteiger partial charge on any atom is -0.460 e. The van der Waals surface area contributed by atoms with Crippen molar-refractivity contribution in [2.24, 2.45) is 0 Å². The predicted molar refractivity (Wildman–Crippen MR) is 106 cm³/mol. The second kappa shape index (κ2) is 9.55. The fourth-order valence-electron chi connectivity index (χ4n) is 3.26. The van der Waals surface area contributed by atoms with Crippen LogP contribution >= 0.6 is 0 Å². The van der Waals surface area contributed by atoms with E-state index < -0.39 is 17.9 Å². The Bertz CT molecular complexity index is 779. The lowest BCUT2D eigenvalue weighted by atomic mass is 9.80. The summed E-state index contributed by atoms with van der Waals surface area (Å²) in [5.74, 6) is -1.45.